The molecule has 6 nitrogen and oxygen atoms in total. The number of rotatable bonds is 3. The van der Waals surface area contributed by atoms with Gasteiger partial charge in [0, 0.05) is 31.0 Å². The number of nitrogens with zero attached hydrogens (tertiary/aromatic N) is 3. The summed E-state index contributed by atoms with van der Waals surface area (Å²) < 4.78 is 0. The fourth-order valence-corrected chi connectivity index (χ4v) is 4.40. The molecule has 0 radical (unpaired) electrons. The van der Waals surface area contributed by atoms with Crippen LogP contribution >= 0.6 is 0 Å². The van der Waals surface area contributed by atoms with Crippen LogP contribution in [-0.4, -0.2) is 48.8 Å². The molecule has 0 N–H and O–H groups in total. The fourth-order valence-electron chi connectivity index (χ4n) is 4.40. The Labute approximate surface area is 163 Å². The third-order valence-corrected chi connectivity index (χ3v) is 5.91. The molecule has 0 bridgehead atoms. The Kier molecular flexibility index (Phi) is 3.93. The van der Waals surface area contributed by atoms with Crippen molar-refractivity contribution in [3.05, 3.63) is 59.2 Å². The number of carbonyl (C=O) groups excluding carboxylic acids is 3. The average Bonchev–Trinajstić information content (AvgIpc) is 3.44. The van der Waals surface area contributed by atoms with Crippen LogP contribution in [0.5, 0.6) is 0 Å². The standard InChI is InChI=1S/C22H21N3O3/c26-20(14-25-21(27)17-5-1-2-6-18(17)22(25)28)24-12-9-15-7-8-16(13-19(15)24)23-10-3-4-11-23/h1-2,5-8,13H,3-4,9-12,14H2. The van der Waals surface area contributed by atoms with Gasteiger partial charge in [0.15, 0.2) is 0 Å². The lowest BCUT2D eigenvalue weighted by molar-refractivity contribution is -0.118. The highest BCUT2D eigenvalue weighted by Gasteiger charge is 2.38. The molecule has 5 rings (SSSR count). The van der Waals surface area contributed by atoms with Crippen molar-refractivity contribution in [3.8, 4) is 0 Å². The summed E-state index contributed by atoms with van der Waals surface area (Å²) in [5, 5.41) is 0. The second kappa shape index (κ2) is 6.48. The van der Waals surface area contributed by atoms with Crippen LogP contribution in [0.1, 0.15) is 39.1 Å². The number of amides is 3. The minimum absolute atomic E-state index is 0.216. The fraction of sp³-hybridized carbons (Fsp3) is 0.318. The minimum Gasteiger partial charge on any atom is -0.371 e. The van der Waals surface area contributed by atoms with Crippen molar-refractivity contribution in [2.24, 2.45) is 0 Å². The maximum atomic E-state index is 13.0. The first-order chi connectivity index (χ1) is 13.6. The third kappa shape index (κ3) is 2.59. The second-order valence-corrected chi connectivity index (χ2v) is 7.54. The molecule has 0 aromatic heterocycles. The number of hydrogen-bond donors (Lipinski definition) is 0. The summed E-state index contributed by atoms with van der Waals surface area (Å²) >= 11 is 0. The third-order valence-electron chi connectivity index (χ3n) is 5.91. The lowest BCUT2D eigenvalue weighted by Gasteiger charge is -2.23. The maximum Gasteiger partial charge on any atom is 0.262 e. The number of hydrogen-bond acceptors (Lipinski definition) is 4. The first kappa shape index (κ1) is 17.0. The summed E-state index contributed by atoms with van der Waals surface area (Å²) in [7, 11) is 0. The van der Waals surface area contributed by atoms with Gasteiger partial charge in [-0.2, -0.15) is 0 Å². The largest absolute Gasteiger partial charge is 0.371 e. The highest BCUT2D eigenvalue weighted by Crippen LogP contribution is 2.34. The smallest absolute Gasteiger partial charge is 0.262 e. The van der Waals surface area contributed by atoms with Crippen molar-refractivity contribution in [1.29, 1.82) is 0 Å². The van der Waals surface area contributed by atoms with Gasteiger partial charge < -0.3 is 9.80 Å². The molecule has 6 heteroatoms. The molecular formula is C22H21N3O3. The van der Waals surface area contributed by atoms with E-state index in [9.17, 15) is 14.4 Å². The van der Waals surface area contributed by atoms with Crippen LogP contribution in [-0.2, 0) is 11.2 Å². The van der Waals surface area contributed by atoms with Gasteiger partial charge >= 0.3 is 0 Å². The van der Waals surface area contributed by atoms with Crippen LogP contribution in [0.15, 0.2) is 42.5 Å². The van der Waals surface area contributed by atoms with Gasteiger partial charge in [-0.05, 0) is 49.1 Å². The topological polar surface area (TPSA) is 60.9 Å². The Hall–Kier alpha value is -3.15. The molecule has 0 aliphatic carbocycles. The minimum atomic E-state index is -0.390. The van der Waals surface area contributed by atoms with Crippen molar-refractivity contribution < 1.29 is 14.4 Å². The predicted molar refractivity (Wildman–Crippen MR) is 106 cm³/mol. The van der Waals surface area contributed by atoms with E-state index >= 15 is 0 Å². The number of fused-ring (bicyclic) bond motifs is 2. The summed E-state index contributed by atoms with van der Waals surface area (Å²) in [6.45, 7) is 2.45. The summed E-state index contributed by atoms with van der Waals surface area (Å²) in [6.07, 6.45) is 3.18. The molecule has 3 heterocycles. The van der Waals surface area contributed by atoms with E-state index in [1.54, 1.807) is 29.2 Å². The van der Waals surface area contributed by atoms with Crippen LogP contribution < -0.4 is 9.80 Å². The quantitative estimate of drug-likeness (QED) is 0.774. The van der Waals surface area contributed by atoms with Crippen LogP contribution in [0, 0.1) is 0 Å². The summed E-state index contributed by atoms with van der Waals surface area (Å²) in [4.78, 5) is 43.2. The molecule has 3 aliphatic rings. The van der Waals surface area contributed by atoms with Gasteiger partial charge in [-0.3, -0.25) is 19.3 Å². The van der Waals surface area contributed by atoms with Crippen LogP contribution in [0.25, 0.3) is 0 Å². The Morgan fingerprint density at radius 3 is 2.25 bits per heavy atom. The molecule has 1 fully saturated rings. The first-order valence-electron chi connectivity index (χ1n) is 9.77. The molecule has 2 aromatic carbocycles. The Morgan fingerprint density at radius 1 is 0.893 bits per heavy atom. The molecule has 0 atom stereocenters. The molecule has 2 aromatic rings. The van der Waals surface area contributed by atoms with Crippen molar-refractivity contribution in [3.63, 3.8) is 0 Å². The SMILES string of the molecule is O=C1c2ccccc2C(=O)N1CC(=O)N1CCc2ccc(N3CCCC3)cc21. The van der Waals surface area contributed by atoms with Gasteiger partial charge in [0.25, 0.3) is 11.8 Å². The molecule has 0 spiro atoms. The van der Waals surface area contributed by atoms with Crippen molar-refractivity contribution in [1.82, 2.24) is 4.90 Å². The van der Waals surface area contributed by atoms with E-state index in [4.69, 9.17) is 0 Å². The first-order valence-corrected chi connectivity index (χ1v) is 9.77. The average molecular weight is 375 g/mol. The molecule has 0 saturated carbocycles. The van der Waals surface area contributed by atoms with Gasteiger partial charge in [0.1, 0.15) is 6.54 Å². The molecule has 142 valence electrons. The monoisotopic (exact) mass is 375 g/mol. The zero-order valence-electron chi connectivity index (χ0n) is 15.6. The van der Waals surface area contributed by atoms with Crippen LogP contribution in [0.2, 0.25) is 0 Å². The maximum absolute atomic E-state index is 13.0. The van der Waals surface area contributed by atoms with Crippen molar-refractivity contribution in [2.75, 3.05) is 36.0 Å². The summed E-state index contributed by atoms with van der Waals surface area (Å²) in [5.74, 6) is -0.995. The molecule has 28 heavy (non-hydrogen) atoms. The van der Waals surface area contributed by atoms with E-state index in [2.05, 4.69) is 23.1 Å². The van der Waals surface area contributed by atoms with E-state index in [-0.39, 0.29) is 24.3 Å². The van der Waals surface area contributed by atoms with Gasteiger partial charge in [0.05, 0.1) is 11.1 Å². The van der Waals surface area contributed by atoms with E-state index in [0.717, 1.165) is 41.3 Å². The lowest BCUT2D eigenvalue weighted by Crippen LogP contribution is -2.42. The van der Waals surface area contributed by atoms with E-state index in [0.29, 0.717) is 17.7 Å². The van der Waals surface area contributed by atoms with Gasteiger partial charge in [-0.1, -0.05) is 18.2 Å². The number of benzene rings is 2. The second-order valence-electron chi connectivity index (χ2n) is 7.54. The van der Waals surface area contributed by atoms with Gasteiger partial charge in [-0.15, -0.1) is 0 Å². The number of anilines is 2. The lowest BCUT2D eigenvalue weighted by atomic mass is 10.1. The van der Waals surface area contributed by atoms with Crippen LogP contribution in [0.3, 0.4) is 0 Å². The van der Waals surface area contributed by atoms with Crippen LogP contribution in [0.4, 0.5) is 11.4 Å². The van der Waals surface area contributed by atoms with Crippen molar-refractivity contribution in [2.45, 2.75) is 19.3 Å². The predicted octanol–water partition coefficient (Wildman–Crippen LogP) is 2.47. The zero-order chi connectivity index (χ0) is 19.3. The Balaban J connectivity index is 1.37. The summed E-state index contributed by atoms with van der Waals surface area (Å²) in [6, 6.07) is 13.0. The molecule has 3 amide bonds. The summed E-state index contributed by atoms with van der Waals surface area (Å²) in [5.41, 5.74) is 3.93. The van der Waals surface area contributed by atoms with E-state index in [1.807, 2.05) is 0 Å². The molecule has 0 unspecified atom stereocenters. The Morgan fingerprint density at radius 2 is 1.57 bits per heavy atom. The highest BCUT2D eigenvalue weighted by atomic mass is 16.2. The van der Waals surface area contributed by atoms with Gasteiger partial charge in [-0.25, -0.2) is 0 Å². The zero-order valence-corrected chi connectivity index (χ0v) is 15.6. The van der Waals surface area contributed by atoms with Crippen molar-refractivity contribution >= 4 is 29.1 Å². The molecular weight excluding hydrogens is 354 g/mol. The Bertz CT molecular complexity index is 959. The van der Waals surface area contributed by atoms with E-state index < -0.39 is 0 Å². The van der Waals surface area contributed by atoms with Gasteiger partial charge in [0.2, 0.25) is 5.91 Å². The number of imide groups is 1. The molecule has 1 saturated heterocycles. The highest BCUT2D eigenvalue weighted by molar-refractivity contribution is 6.22. The molecule has 3 aliphatic heterocycles. The number of carbonyl (C=O) groups is 3. The normalized spacial score (nSPS) is 18.1. The van der Waals surface area contributed by atoms with E-state index in [1.165, 1.54) is 12.8 Å².